The number of rotatable bonds is 5. The Morgan fingerprint density at radius 3 is 2.47 bits per heavy atom. The molecule has 0 fully saturated rings. The van der Waals surface area contributed by atoms with Crippen LogP contribution in [0.5, 0.6) is 0 Å². The summed E-state index contributed by atoms with van der Waals surface area (Å²) < 4.78 is 23.6. The summed E-state index contributed by atoms with van der Waals surface area (Å²) in [4.78, 5) is 0.329. The Balaban J connectivity index is 2.77. The highest BCUT2D eigenvalue weighted by Crippen LogP contribution is 2.13. The zero-order valence-electron chi connectivity index (χ0n) is 8.55. The fraction of sp³-hybridized carbons (Fsp3) is 0.400. The highest BCUT2D eigenvalue weighted by Gasteiger charge is 2.17. The molecular formula is C10H15NO3S. The molecule has 1 atom stereocenters. The van der Waals surface area contributed by atoms with Gasteiger partial charge in [0, 0.05) is 6.54 Å². The molecule has 4 nitrogen and oxygen atoms in total. The molecule has 0 heterocycles. The third-order valence-corrected chi connectivity index (χ3v) is 4.04. The van der Waals surface area contributed by atoms with E-state index in [1.165, 1.54) is 0 Å². The molecule has 0 aliphatic carbocycles. The molecule has 15 heavy (non-hydrogen) atoms. The van der Waals surface area contributed by atoms with Crippen LogP contribution in [0.3, 0.4) is 0 Å². The van der Waals surface area contributed by atoms with Gasteiger partial charge in [0.05, 0.1) is 10.6 Å². The first-order valence-corrected chi connectivity index (χ1v) is 6.36. The molecule has 0 aliphatic heterocycles. The summed E-state index contributed by atoms with van der Waals surface area (Å²) in [5.74, 6) is -0.0925. The minimum Gasteiger partial charge on any atom is -0.317 e. The molecule has 2 N–H and O–H groups in total. The van der Waals surface area contributed by atoms with Crippen molar-refractivity contribution in [1.82, 2.24) is 5.48 Å². The highest BCUT2D eigenvalue weighted by molar-refractivity contribution is 7.91. The van der Waals surface area contributed by atoms with Crippen LogP contribution in [0.15, 0.2) is 35.2 Å². The summed E-state index contributed by atoms with van der Waals surface area (Å²) in [6.07, 6.45) is 0. The topological polar surface area (TPSA) is 66.4 Å². The SMILES string of the molecule is C[C@H](CNO)CS(=O)(=O)c1ccccc1. The van der Waals surface area contributed by atoms with Crippen LogP contribution in [0.4, 0.5) is 0 Å². The standard InChI is InChI=1S/C10H15NO3S/c1-9(7-11-12)8-15(13,14)10-5-3-2-4-6-10/h2-6,9,11-12H,7-8H2,1H3/t9-/m1/s1. The fourth-order valence-electron chi connectivity index (χ4n) is 1.31. The Bertz CT molecular complexity index is 388. The van der Waals surface area contributed by atoms with Gasteiger partial charge < -0.3 is 5.21 Å². The monoisotopic (exact) mass is 229 g/mol. The number of hydroxylamine groups is 1. The van der Waals surface area contributed by atoms with Gasteiger partial charge in [0.25, 0.3) is 0 Å². The molecule has 0 amide bonds. The van der Waals surface area contributed by atoms with Crippen molar-refractivity contribution in [3.05, 3.63) is 30.3 Å². The lowest BCUT2D eigenvalue weighted by atomic mass is 10.2. The van der Waals surface area contributed by atoms with E-state index in [9.17, 15) is 8.42 Å². The van der Waals surface area contributed by atoms with E-state index < -0.39 is 9.84 Å². The van der Waals surface area contributed by atoms with Gasteiger partial charge in [-0.25, -0.2) is 13.9 Å². The van der Waals surface area contributed by atoms with Crippen LogP contribution in [0, 0.1) is 5.92 Å². The number of hydrogen-bond acceptors (Lipinski definition) is 4. The van der Waals surface area contributed by atoms with Gasteiger partial charge in [-0.1, -0.05) is 25.1 Å². The van der Waals surface area contributed by atoms with E-state index in [1.54, 1.807) is 37.3 Å². The van der Waals surface area contributed by atoms with Crippen LogP contribution in [-0.4, -0.2) is 25.9 Å². The Labute approximate surface area is 89.8 Å². The molecule has 5 heteroatoms. The van der Waals surface area contributed by atoms with Gasteiger partial charge in [-0.05, 0) is 18.1 Å². The first-order valence-electron chi connectivity index (χ1n) is 4.71. The third-order valence-electron chi connectivity index (χ3n) is 2.05. The average Bonchev–Trinajstić information content (AvgIpc) is 2.18. The molecule has 0 spiro atoms. The average molecular weight is 229 g/mol. The van der Waals surface area contributed by atoms with Crippen molar-refractivity contribution in [2.75, 3.05) is 12.3 Å². The van der Waals surface area contributed by atoms with E-state index >= 15 is 0 Å². The van der Waals surface area contributed by atoms with Crippen molar-refractivity contribution in [3.63, 3.8) is 0 Å². The zero-order valence-corrected chi connectivity index (χ0v) is 9.37. The highest BCUT2D eigenvalue weighted by atomic mass is 32.2. The Morgan fingerprint density at radius 2 is 1.93 bits per heavy atom. The van der Waals surface area contributed by atoms with Gasteiger partial charge in [-0.3, -0.25) is 0 Å². The van der Waals surface area contributed by atoms with Crippen molar-refractivity contribution < 1.29 is 13.6 Å². The third kappa shape index (κ3) is 3.62. The van der Waals surface area contributed by atoms with Crippen LogP contribution >= 0.6 is 0 Å². The number of hydrogen-bond donors (Lipinski definition) is 2. The van der Waals surface area contributed by atoms with E-state index in [2.05, 4.69) is 0 Å². The summed E-state index contributed by atoms with van der Waals surface area (Å²) in [5, 5.41) is 8.46. The Morgan fingerprint density at radius 1 is 1.33 bits per heavy atom. The largest absolute Gasteiger partial charge is 0.317 e. The van der Waals surface area contributed by atoms with Crippen molar-refractivity contribution in [3.8, 4) is 0 Å². The lowest BCUT2D eigenvalue weighted by molar-refractivity contribution is 0.155. The lowest BCUT2D eigenvalue weighted by Crippen LogP contribution is -2.24. The molecule has 84 valence electrons. The zero-order chi connectivity index (χ0) is 11.3. The van der Waals surface area contributed by atoms with Gasteiger partial charge in [-0.2, -0.15) is 0 Å². The molecule has 0 aromatic heterocycles. The summed E-state index contributed by atoms with van der Waals surface area (Å²) >= 11 is 0. The molecule has 0 bridgehead atoms. The minimum atomic E-state index is -3.23. The molecule has 1 rings (SSSR count). The molecule has 0 aliphatic rings. The maximum Gasteiger partial charge on any atom is 0.178 e. The molecule has 0 unspecified atom stereocenters. The maximum atomic E-state index is 11.8. The first-order chi connectivity index (χ1) is 7.06. The second kappa shape index (κ2) is 5.25. The van der Waals surface area contributed by atoms with Gasteiger partial charge in [0.1, 0.15) is 0 Å². The van der Waals surface area contributed by atoms with E-state index in [0.717, 1.165) is 0 Å². The summed E-state index contributed by atoms with van der Waals surface area (Å²) in [6, 6.07) is 8.32. The summed E-state index contributed by atoms with van der Waals surface area (Å²) in [7, 11) is -3.23. The van der Waals surface area contributed by atoms with Gasteiger partial charge >= 0.3 is 0 Å². The molecule has 1 aromatic carbocycles. The van der Waals surface area contributed by atoms with Gasteiger partial charge in [-0.15, -0.1) is 0 Å². The normalized spacial score (nSPS) is 13.7. The van der Waals surface area contributed by atoms with Crippen molar-refractivity contribution in [2.45, 2.75) is 11.8 Å². The molecule has 0 saturated carbocycles. The summed E-state index contributed by atoms with van der Waals surface area (Å²) in [6.45, 7) is 2.04. The predicted octanol–water partition coefficient (Wildman–Crippen LogP) is 1.08. The maximum absolute atomic E-state index is 11.8. The van der Waals surface area contributed by atoms with Crippen LogP contribution in [0.1, 0.15) is 6.92 Å². The number of nitrogens with one attached hydrogen (secondary N) is 1. The van der Waals surface area contributed by atoms with Crippen molar-refractivity contribution in [1.29, 1.82) is 0 Å². The molecule has 0 radical (unpaired) electrons. The number of sulfone groups is 1. The van der Waals surface area contributed by atoms with Crippen LogP contribution in [0.25, 0.3) is 0 Å². The Hall–Kier alpha value is -0.910. The van der Waals surface area contributed by atoms with E-state index in [1.807, 2.05) is 5.48 Å². The molecular weight excluding hydrogens is 214 g/mol. The minimum absolute atomic E-state index is 0.0323. The smallest absolute Gasteiger partial charge is 0.178 e. The summed E-state index contributed by atoms with van der Waals surface area (Å²) in [5.41, 5.74) is 1.98. The van der Waals surface area contributed by atoms with Gasteiger partial charge in [0.15, 0.2) is 9.84 Å². The quantitative estimate of drug-likeness (QED) is 0.741. The van der Waals surface area contributed by atoms with E-state index in [0.29, 0.717) is 4.90 Å². The lowest BCUT2D eigenvalue weighted by Gasteiger charge is -2.10. The van der Waals surface area contributed by atoms with Crippen LogP contribution in [0.2, 0.25) is 0 Å². The fourth-order valence-corrected chi connectivity index (χ4v) is 2.94. The predicted molar refractivity (Wildman–Crippen MR) is 57.4 cm³/mol. The first kappa shape index (κ1) is 12.2. The van der Waals surface area contributed by atoms with Crippen molar-refractivity contribution >= 4 is 9.84 Å². The van der Waals surface area contributed by atoms with E-state index in [-0.39, 0.29) is 18.2 Å². The van der Waals surface area contributed by atoms with Crippen molar-refractivity contribution in [2.24, 2.45) is 5.92 Å². The second-order valence-electron chi connectivity index (χ2n) is 3.56. The Kier molecular flexibility index (Phi) is 4.26. The van der Waals surface area contributed by atoms with E-state index in [4.69, 9.17) is 5.21 Å². The van der Waals surface area contributed by atoms with Gasteiger partial charge in [0.2, 0.25) is 0 Å². The molecule has 0 saturated heterocycles. The molecule has 1 aromatic rings. The van der Waals surface area contributed by atoms with Crippen LogP contribution in [-0.2, 0) is 9.84 Å². The van der Waals surface area contributed by atoms with Crippen LogP contribution < -0.4 is 5.48 Å². The number of benzene rings is 1. The second-order valence-corrected chi connectivity index (χ2v) is 5.60.